The van der Waals surface area contributed by atoms with Crippen molar-refractivity contribution >= 4 is 52.3 Å². The van der Waals surface area contributed by atoms with Crippen LogP contribution in [0.2, 0.25) is 5.02 Å². The maximum atomic E-state index is 13.2. The van der Waals surface area contributed by atoms with Crippen molar-refractivity contribution in [2.24, 2.45) is 5.92 Å². The van der Waals surface area contributed by atoms with Crippen molar-refractivity contribution in [2.75, 3.05) is 33.0 Å². The van der Waals surface area contributed by atoms with Crippen LogP contribution in [0.15, 0.2) is 24.3 Å². The number of amides is 4. The molecule has 1 saturated carbocycles. The van der Waals surface area contributed by atoms with E-state index in [-0.39, 0.29) is 24.2 Å². The van der Waals surface area contributed by atoms with Crippen molar-refractivity contribution in [3.63, 3.8) is 0 Å². The van der Waals surface area contributed by atoms with E-state index in [1.165, 1.54) is 11.3 Å². The highest BCUT2D eigenvalue weighted by Crippen LogP contribution is 2.28. The molecule has 1 fully saturated rings. The number of carbonyl (C=O) groups excluding carboxylic acids is 4. The Morgan fingerprint density at radius 3 is 2.66 bits per heavy atom. The van der Waals surface area contributed by atoms with Gasteiger partial charge in [-0.05, 0) is 44.5 Å². The van der Waals surface area contributed by atoms with Gasteiger partial charge in [0.1, 0.15) is 6.42 Å². The summed E-state index contributed by atoms with van der Waals surface area (Å²) in [5, 5.41) is 9.46. The van der Waals surface area contributed by atoms with Gasteiger partial charge in [-0.1, -0.05) is 17.7 Å². The van der Waals surface area contributed by atoms with Crippen molar-refractivity contribution in [1.29, 1.82) is 0 Å². The third-order valence-electron chi connectivity index (χ3n) is 6.85. The molecule has 4 rings (SSSR count). The zero-order valence-electron chi connectivity index (χ0n) is 21.8. The molecule has 10 nitrogen and oxygen atoms in total. The largest absolute Gasteiger partial charge is 0.351 e. The fourth-order valence-electron chi connectivity index (χ4n) is 4.92. The molecule has 1 aromatic heterocycles. The van der Waals surface area contributed by atoms with E-state index in [0.29, 0.717) is 35.0 Å². The van der Waals surface area contributed by atoms with Crippen molar-refractivity contribution in [1.82, 2.24) is 25.4 Å². The van der Waals surface area contributed by atoms with Crippen molar-refractivity contribution in [2.45, 2.75) is 50.7 Å². The smallest absolute Gasteiger partial charge is 0.280 e. The lowest BCUT2D eigenvalue weighted by Crippen LogP contribution is -2.56. The van der Waals surface area contributed by atoms with Crippen molar-refractivity contribution < 1.29 is 19.2 Å². The number of halogens is 1. The van der Waals surface area contributed by atoms with Crippen LogP contribution >= 0.6 is 22.9 Å². The van der Waals surface area contributed by atoms with E-state index < -0.39 is 23.9 Å². The second kappa shape index (κ2) is 12.2. The minimum absolute atomic E-state index is 0.0114. The molecule has 4 amide bonds. The third kappa shape index (κ3) is 7.09. The number of likely N-dealkylation sites (N-methyl/N-ethyl adjacent to an activating group) is 1. The molecular formula is C26H33ClN6O4S. The Hall–Kier alpha value is -3.02. The van der Waals surface area contributed by atoms with Crippen LogP contribution in [-0.2, 0) is 27.3 Å². The number of anilines is 1. The normalized spacial score (nSPS) is 21.2. The Morgan fingerprint density at radius 1 is 1.13 bits per heavy atom. The first-order chi connectivity index (χ1) is 18.1. The average Bonchev–Trinajstić information content (AvgIpc) is 3.28. The third-order valence-corrected chi connectivity index (χ3v) is 8.17. The minimum atomic E-state index is -0.478. The minimum Gasteiger partial charge on any atom is -0.351 e. The summed E-state index contributed by atoms with van der Waals surface area (Å²) in [6, 6.07) is 5.78. The van der Waals surface area contributed by atoms with Crippen LogP contribution in [-0.4, -0.2) is 78.2 Å². The molecule has 12 heteroatoms. The fraction of sp³-hybridized carbons (Fsp3) is 0.500. The lowest BCUT2D eigenvalue weighted by Gasteiger charge is -2.37. The summed E-state index contributed by atoms with van der Waals surface area (Å²) in [5.41, 5.74) is 1.46. The number of thiazole rings is 1. The van der Waals surface area contributed by atoms with Crippen molar-refractivity contribution in [3.8, 4) is 0 Å². The summed E-state index contributed by atoms with van der Waals surface area (Å²) >= 11 is 7.34. The van der Waals surface area contributed by atoms with Gasteiger partial charge in [0.25, 0.3) is 5.91 Å². The summed E-state index contributed by atoms with van der Waals surface area (Å²) in [5.74, 6) is -1.53. The second-order valence-electron chi connectivity index (χ2n) is 10.1. The molecule has 0 saturated heterocycles. The van der Waals surface area contributed by atoms with Gasteiger partial charge in [-0.2, -0.15) is 0 Å². The summed E-state index contributed by atoms with van der Waals surface area (Å²) in [6.07, 6.45) is 1.87. The Kier molecular flexibility index (Phi) is 9.01. The maximum Gasteiger partial charge on any atom is 0.280 e. The van der Waals surface area contributed by atoms with E-state index in [4.69, 9.17) is 11.6 Å². The van der Waals surface area contributed by atoms with E-state index in [1.807, 2.05) is 7.05 Å². The highest BCUT2D eigenvalue weighted by Gasteiger charge is 2.37. The Balaban J connectivity index is 1.41. The van der Waals surface area contributed by atoms with E-state index in [1.54, 1.807) is 43.3 Å². The fourth-order valence-corrected chi connectivity index (χ4v) is 6.20. The molecule has 3 atom stereocenters. The quantitative estimate of drug-likeness (QED) is 0.446. The molecule has 1 aromatic carbocycles. The average molecular weight is 561 g/mol. The predicted molar refractivity (Wildman–Crippen MR) is 146 cm³/mol. The molecular weight excluding hydrogens is 528 g/mol. The lowest BCUT2D eigenvalue weighted by atomic mass is 9.81. The van der Waals surface area contributed by atoms with Crippen molar-refractivity contribution in [3.05, 3.63) is 44.9 Å². The zero-order valence-corrected chi connectivity index (χ0v) is 23.3. The van der Waals surface area contributed by atoms with Crippen LogP contribution in [0.3, 0.4) is 0 Å². The van der Waals surface area contributed by atoms with Gasteiger partial charge in [-0.15, -0.1) is 11.3 Å². The number of aromatic nitrogens is 1. The maximum absolute atomic E-state index is 13.2. The first-order valence-electron chi connectivity index (χ1n) is 12.6. The zero-order chi connectivity index (χ0) is 27.4. The van der Waals surface area contributed by atoms with Gasteiger partial charge in [-0.25, -0.2) is 4.98 Å². The van der Waals surface area contributed by atoms with E-state index in [2.05, 4.69) is 25.8 Å². The molecule has 38 heavy (non-hydrogen) atoms. The standard InChI is InChI=1S/C26H33ClN6O4S/c1-32(2)26(37)15-7-8-18(29-23(35)13-22(34)28-17-6-4-5-16(27)12-17)20(11-15)30-24(36)25-31-19-9-10-33(3)14-21(19)38-25/h4-6,12,15,18,20H,7-11,13-14H2,1-3H3,(H,28,34)(H,29,35)(H,30,36)/t15-,18-,20+/m0/s1. The van der Waals surface area contributed by atoms with Gasteiger partial charge in [-0.3, -0.25) is 19.2 Å². The van der Waals surface area contributed by atoms with Gasteiger partial charge in [0.05, 0.1) is 11.7 Å². The van der Waals surface area contributed by atoms with Crippen LogP contribution in [0.4, 0.5) is 5.69 Å². The Morgan fingerprint density at radius 2 is 1.92 bits per heavy atom. The van der Waals surface area contributed by atoms with Gasteiger partial charge < -0.3 is 25.8 Å². The van der Waals surface area contributed by atoms with Gasteiger partial charge in [0, 0.05) is 61.2 Å². The summed E-state index contributed by atoms with van der Waals surface area (Å²) < 4.78 is 0. The number of nitrogens with one attached hydrogen (secondary N) is 3. The molecule has 2 aliphatic rings. The number of carbonyl (C=O) groups is 4. The first-order valence-corrected chi connectivity index (χ1v) is 13.8. The van der Waals surface area contributed by atoms with Crippen LogP contribution in [0.5, 0.6) is 0 Å². The topological polar surface area (TPSA) is 124 Å². The summed E-state index contributed by atoms with van der Waals surface area (Å²) in [6.45, 7) is 1.66. The number of nitrogens with zero attached hydrogens (tertiary/aromatic N) is 3. The number of benzene rings is 1. The van der Waals surface area contributed by atoms with Crippen LogP contribution in [0.25, 0.3) is 0 Å². The number of fused-ring (bicyclic) bond motifs is 1. The molecule has 0 bridgehead atoms. The van der Waals surface area contributed by atoms with E-state index in [9.17, 15) is 19.2 Å². The van der Waals surface area contributed by atoms with Gasteiger partial charge in [0.15, 0.2) is 5.01 Å². The molecule has 204 valence electrons. The second-order valence-corrected chi connectivity index (χ2v) is 11.6. The lowest BCUT2D eigenvalue weighted by molar-refractivity contribution is -0.134. The van der Waals surface area contributed by atoms with Gasteiger partial charge in [0.2, 0.25) is 17.7 Å². The van der Waals surface area contributed by atoms with Gasteiger partial charge >= 0.3 is 0 Å². The first kappa shape index (κ1) is 28.0. The van der Waals surface area contributed by atoms with E-state index in [0.717, 1.165) is 30.1 Å². The van der Waals surface area contributed by atoms with Crippen LogP contribution < -0.4 is 16.0 Å². The molecule has 1 aliphatic heterocycles. The molecule has 0 unspecified atom stereocenters. The Bertz CT molecular complexity index is 1220. The SMILES string of the molecule is CN1CCc2nc(C(=O)N[C@@H]3C[C@@H](C(=O)N(C)C)CC[C@@H]3NC(=O)CC(=O)Nc3cccc(Cl)c3)sc2C1. The number of hydrogen-bond acceptors (Lipinski definition) is 7. The number of hydrogen-bond donors (Lipinski definition) is 3. The molecule has 1 aliphatic carbocycles. The molecule has 2 heterocycles. The molecule has 0 radical (unpaired) electrons. The highest BCUT2D eigenvalue weighted by molar-refractivity contribution is 7.13. The molecule has 0 spiro atoms. The Labute approximate surface area is 231 Å². The van der Waals surface area contributed by atoms with Crippen LogP contribution in [0.1, 0.15) is 46.1 Å². The van der Waals surface area contributed by atoms with E-state index >= 15 is 0 Å². The highest BCUT2D eigenvalue weighted by atomic mass is 35.5. The summed E-state index contributed by atoms with van der Waals surface area (Å²) in [4.78, 5) is 60.4. The molecule has 3 N–H and O–H groups in total. The predicted octanol–water partition coefficient (Wildman–Crippen LogP) is 2.28. The number of rotatable bonds is 7. The van der Waals surface area contributed by atoms with Crippen LogP contribution in [0, 0.1) is 5.92 Å². The monoisotopic (exact) mass is 560 g/mol. The summed E-state index contributed by atoms with van der Waals surface area (Å²) in [7, 11) is 5.45. The molecule has 2 aromatic rings.